The number of rotatable bonds is 7. The third-order valence-electron chi connectivity index (χ3n) is 5.34. The number of hydrogen-bond acceptors (Lipinski definition) is 4. The van der Waals surface area contributed by atoms with Crippen LogP contribution in [0.1, 0.15) is 24.0 Å². The zero-order valence-electron chi connectivity index (χ0n) is 16.1. The molecule has 4 nitrogen and oxygen atoms in total. The van der Waals surface area contributed by atoms with Crippen molar-refractivity contribution in [3.05, 3.63) is 59.7 Å². The minimum atomic E-state index is 0.657. The summed E-state index contributed by atoms with van der Waals surface area (Å²) in [4.78, 5) is 5.03. The number of piperidine rings is 1. The molecule has 0 amide bonds. The normalized spacial score (nSPS) is 16.0. The van der Waals surface area contributed by atoms with Gasteiger partial charge in [-0.05, 0) is 44.6 Å². The van der Waals surface area contributed by atoms with Crippen molar-refractivity contribution < 1.29 is 9.47 Å². The van der Waals surface area contributed by atoms with Crippen molar-refractivity contribution in [1.29, 1.82) is 0 Å². The zero-order chi connectivity index (χ0) is 18.4. The number of methoxy groups -OCH3 is 2. The van der Waals surface area contributed by atoms with Crippen molar-refractivity contribution in [2.24, 2.45) is 0 Å². The molecule has 0 radical (unpaired) electrons. The van der Waals surface area contributed by atoms with Crippen LogP contribution < -0.4 is 9.47 Å². The highest BCUT2D eigenvalue weighted by atomic mass is 16.5. The lowest BCUT2D eigenvalue weighted by Gasteiger charge is -2.37. The van der Waals surface area contributed by atoms with Gasteiger partial charge in [-0.3, -0.25) is 9.80 Å². The van der Waals surface area contributed by atoms with Crippen molar-refractivity contribution in [3.63, 3.8) is 0 Å². The monoisotopic (exact) mass is 354 g/mol. The highest BCUT2D eigenvalue weighted by molar-refractivity contribution is 5.40. The molecule has 140 valence electrons. The second-order valence-electron chi connectivity index (χ2n) is 7.09. The third kappa shape index (κ3) is 4.77. The summed E-state index contributed by atoms with van der Waals surface area (Å²) in [5.41, 5.74) is 2.62. The number of nitrogens with zero attached hydrogens (tertiary/aromatic N) is 2. The Hall–Kier alpha value is -2.04. The molecule has 1 aliphatic heterocycles. The highest BCUT2D eigenvalue weighted by Gasteiger charge is 2.23. The van der Waals surface area contributed by atoms with Gasteiger partial charge in [0.05, 0.1) is 14.2 Å². The summed E-state index contributed by atoms with van der Waals surface area (Å²) in [5.74, 6) is 1.75. The van der Waals surface area contributed by atoms with E-state index in [0.29, 0.717) is 6.04 Å². The fraction of sp³-hybridized carbons (Fsp3) is 0.455. The summed E-state index contributed by atoms with van der Waals surface area (Å²) in [6.45, 7) is 4.21. The van der Waals surface area contributed by atoms with Crippen molar-refractivity contribution in [2.75, 3.05) is 34.4 Å². The fourth-order valence-corrected chi connectivity index (χ4v) is 3.74. The number of likely N-dealkylation sites (tertiary alicyclic amines) is 1. The fourth-order valence-electron chi connectivity index (χ4n) is 3.74. The Labute approximate surface area is 157 Å². The second-order valence-corrected chi connectivity index (χ2v) is 7.09. The standard InChI is InChI=1S/C22H30N2O2/c1-23(16-18-7-5-4-6-8-18)20-11-13-24(14-12-20)17-19-9-10-21(25-2)15-22(19)26-3/h4-10,15,20H,11-14,16-17H2,1-3H3. The summed E-state index contributed by atoms with van der Waals surface area (Å²) in [5, 5.41) is 0. The van der Waals surface area contributed by atoms with Gasteiger partial charge in [-0.1, -0.05) is 36.4 Å². The van der Waals surface area contributed by atoms with E-state index in [1.54, 1.807) is 14.2 Å². The van der Waals surface area contributed by atoms with E-state index in [4.69, 9.17) is 9.47 Å². The molecule has 1 fully saturated rings. The first kappa shape index (κ1) is 18.7. The first-order valence-corrected chi connectivity index (χ1v) is 9.37. The van der Waals surface area contributed by atoms with Gasteiger partial charge in [0.2, 0.25) is 0 Å². The van der Waals surface area contributed by atoms with Gasteiger partial charge in [0.15, 0.2) is 0 Å². The molecule has 0 aliphatic carbocycles. The zero-order valence-corrected chi connectivity index (χ0v) is 16.1. The van der Waals surface area contributed by atoms with E-state index in [9.17, 15) is 0 Å². The van der Waals surface area contributed by atoms with E-state index in [2.05, 4.69) is 53.2 Å². The Morgan fingerprint density at radius 1 is 1.00 bits per heavy atom. The molecular formula is C22H30N2O2. The van der Waals surface area contributed by atoms with Crippen LogP contribution in [0, 0.1) is 0 Å². The van der Waals surface area contributed by atoms with Gasteiger partial charge in [-0.25, -0.2) is 0 Å². The van der Waals surface area contributed by atoms with E-state index in [1.807, 2.05) is 12.1 Å². The Kier molecular flexibility index (Phi) is 6.53. The minimum absolute atomic E-state index is 0.657. The molecule has 1 aliphatic rings. The first-order valence-electron chi connectivity index (χ1n) is 9.37. The molecule has 0 atom stereocenters. The van der Waals surface area contributed by atoms with Crippen LogP contribution in [0.15, 0.2) is 48.5 Å². The molecule has 26 heavy (non-hydrogen) atoms. The molecule has 0 aromatic heterocycles. The maximum Gasteiger partial charge on any atom is 0.127 e. The van der Waals surface area contributed by atoms with E-state index < -0.39 is 0 Å². The Morgan fingerprint density at radius 2 is 1.73 bits per heavy atom. The van der Waals surface area contributed by atoms with Crippen LogP contribution >= 0.6 is 0 Å². The molecule has 0 unspecified atom stereocenters. The summed E-state index contributed by atoms with van der Waals surface area (Å²) >= 11 is 0. The molecule has 0 saturated carbocycles. The molecule has 3 rings (SSSR count). The van der Waals surface area contributed by atoms with E-state index in [-0.39, 0.29) is 0 Å². The summed E-state index contributed by atoms with van der Waals surface area (Å²) in [6.07, 6.45) is 2.42. The van der Waals surface area contributed by atoms with Crippen LogP contribution in [0.5, 0.6) is 11.5 Å². The molecular weight excluding hydrogens is 324 g/mol. The van der Waals surface area contributed by atoms with Crippen molar-refractivity contribution in [2.45, 2.75) is 32.0 Å². The quantitative estimate of drug-likeness (QED) is 0.755. The van der Waals surface area contributed by atoms with Crippen LogP contribution in [0.25, 0.3) is 0 Å². The van der Waals surface area contributed by atoms with Gasteiger partial charge in [-0.15, -0.1) is 0 Å². The van der Waals surface area contributed by atoms with Gasteiger partial charge in [0.1, 0.15) is 11.5 Å². The largest absolute Gasteiger partial charge is 0.497 e. The van der Waals surface area contributed by atoms with Gasteiger partial charge in [0.25, 0.3) is 0 Å². The van der Waals surface area contributed by atoms with Gasteiger partial charge in [0, 0.05) is 30.8 Å². The van der Waals surface area contributed by atoms with Crippen LogP contribution in [0.2, 0.25) is 0 Å². The minimum Gasteiger partial charge on any atom is -0.497 e. The van der Waals surface area contributed by atoms with Crippen molar-refractivity contribution in [1.82, 2.24) is 9.80 Å². The average molecular weight is 354 g/mol. The van der Waals surface area contributed by atoms with Gasteiger partial charge >= 0.3 is 0 Å². The van der Waals surface area contributed by atoms with Crippen LogP contribution in [0.4, 0.5) is 0 Å². The first-order chi connectivity index (χ1) is 12.7. The molecule has 4 heteroatoms. The summed E-state index contributed by atoms with van der Waals surface area (Å²) < 4.78 is 10.8. The highest BCUT2D eigenvalue weighted by Crippen LogP contribution is 2.27. The molecule has 0 bridgehead atoms. The maximum absolute atomic E-state index is 5.54. The maximum atomic E-state index is 5.54. The molecule has 1 heterocycles. The molecule has 2 aromatic rings. The lowest BCUT2D eigenvalue weighted by Crippen LogP contribution is -2.42. The average Bonchev–Trinajstić information content (AvgIpc) is 2.69. The lowest BCUT2D eigenvalue weighted by molar-refractivity contribution is 0.118. The van der Waals surface area contributed by atoms with E-state index >= 15 is 0 Å². The summed E-state index contributed by atoms with van der Waals surface area (Å²) in [6, 6.07) is 17.5. The number of benzene rings is 2. The van der Waals surface area contributed by atoms with E-state index in [1.165, 1.54) is 24.0 Å². The predicted molar refractivity (Wildman–Crippen MR) is 106 cm³/mol. The molecule has 0 spiro atoms. The Bertz CT molecular complexity index is 682. The SMILES string of the molecule is COc1ccc(CN2CCC(N(C)Cc3ccccc3)CC2)c(OC)c1. The predicted octanol–water partition coefficient (Wildman–Crippen LogP) is 3.80. The molecule has 2 aromatic carbocycles. The van der Waals surface area contributed by atoms with Crippen molar-refractivity contribution in [3.8, 4) is 11.5 Å². The lowest BCUT2D eigenvalue weighted by atomic mass is 10.0. The second kappa shape index (κ2) is 9.06. The third-order valence-corrected chi connectivity index (χ3v) is 5.34. The van der Waals surface area contributed by atoms with E-state index in [0.717, 1.165) is 37.7 Å². The van der Waals surface area contributed by atoms with Crippen LogP contribution in [-0.2, 0) is 13.1 Å². The summed E-state index contributed by atoms with van der Waals surface area (Å²) in [7, 11) is 5.66. The molecule has 0 N–H and O–H groups in total. The topological polar surface area (TPSA) is 24.9 Å². The van der Waals surface area contributed by atoms with Crippen molar-refractivity contribution >= 4 is 0 Å². The van der Waals surface area contributed by atoms with Gasteiger partial charge < -0.3 is 9.47 Å². The van der Waals surface area contributed by atoms with Crippen LogP contribution in [-0.4, -0.2) is 50.2 Å². The van der Waals surface area contributed by atoms with Crippen LogP contribution in [0.3, 0.4) is 0 Å². The number of hydrogen-bond donors (Lipinski definition) is 0. The Balaban J connectivity index is 1.52. The smallest absolute Gasteiger partial charge is 0.127 e. The molecule has 1 saturated heterocycles. The van der Waals surface area contributed by atoms with Gasteiger partial charge in [-0.2, -0.15) is 0 Å². The number of ether oxygens (including phenoxy) is 2. The Morgan fingerprint density at radius 3 is 2.38 bits per heavy atom.